The van der Waals surface area contributed by atoms with Gasteiger partial charge in [0.1, 0.15) is 5.82 Å². The number of aromatic nitrogens is 1. The van der Waals surface area contributed by atoms with Gasteiger partial charge in [-0.15, -0.1) is 0 Å². The molecule has 1 aromatic rings. The second kappa shape index (κ2) is 5.83. The van der Waals surface area contributed by atoms with Gasteiger partial charge < -0.3 is 10.0 Å². The smallest absolute Gasteiger partial charge is 0.129 e. The predicted molar refractivity (Wildman–Crippen MR) is 73.4 cm³/mol. The summed E-state index contributed by atoms with van der Waals surface area (Å²) in [7, 11) is 0. The number of hydrogen-bond donors (Lipinski definition) is 1. The molecule has 4 heteroatoms. The number of aryl methyl sites for hydroxylation is 1. The van der Waals surface area contributed by atoms with Crippen LogP contribution < -0.4 is 4.90 Å². The summed E-state index contributed by atoms with van der Waals surface area (Å²) in [5.74, 6) is 0.992. The van der Waals surface area contributed by atoms with E-state index in [0.717, 1.165) is 16.0 Å². The summed E-state index contributed by atoms with van der Waals surface area (Å²) in [6, 6.07) is 4.62. The third-order valence-electron chi connectivity index (χ3n) is 3.41. The lowest BCUT2D eigenvalue weighted by molar-refractivity contribution is 0.297. The molecule has 94 valence electrons. The minimum atomic E-state index is 0.188. The summed E-state index contributed by atoms with van der Waals surface area (Å²) in [6.07, 6.45) is 5.03. The second-order valence-corrected chi connectivity index (χ2v) is 5.45. The summed E-state index contributed by atoms with van der Waals surface area (Å²) in [6.45, 7) is 2.87. The van der Waals surface area contributed by atoms with Crippen molar-refractivity contribution in [1.82, 2.24) is 4.98 Å². The van der Waals surface area contributed by atoms with Crippen molar-refractivity contribution >= 4 is 21.7 Å². The molecular weight excluding hydrogens is 280 g/mol. The molecule has 1 saturated carbocycles. The standard InChI is InChI=1S/C13H19BrN2O/c1-10-12(14)6-7-13(15-10)16(8-9-17)11-4-2-3-5-11/h6-7,11,17H,2-5,8-9H2,1H3. The van der Waals surface area contributed by atoms with Crippen LogP contribution in [0.1, 0.15) is 31.4 Å². The Morgan fingerprint density at radius 1 is 1.41 bits per heavy atom. The Morgan fingerprint density at radius 2 is 2.12 bits per heavy atom. The predicted octanol–water partition coefficient (Wildman–Crippen LogP) is 2.89. The maximum absolute atomic E-state index is 9.20. The number of halogens is 1. The van der Waals surface area contributed by atoms with Crippen LogP contribution in [0, 0.1) is 6.92 Å². The molecule has 0 unspecified atom stereocenters. The van der Waals surface area contributed by atoms with Gasteiger partial charge in [-0.25, -0.2) is 4.98 Å². The Labute approximate surface area is 111 Å². The summed E-state index contributed by atoms with van der Waals surface area (Å²) < 4.78 is 1.04. The molecule has 17 heavy (non-hydrogen) atoms. The molecule has 0 amide bonds. The van der Waals surface area contributed by atoms with Crippen LogP contribution >= 0.6 is 15.9 Å². The van der Waals surface area contributed by atoms with Crippen LogP contribution in [0.15, 0.2) is 16.6 Å². The van der Waals surface area contributed by atoms with Gasteiger partial charge in [-0.3, -0.25) is 0 Å². The molecular formula is C13H19BrN2O. The monoisotopic (exact) mass is 298 g/mol. The zero-order valence-corrected chi connectivity index (χ0v) is 11.8. The van der Waals surface area contributed by atoms with E-state index < -0.39 is 0 Å². The van der Waals surface area contributed by atoms with E-state index in [9.17, 15) is 5.11 Å². The molecule has 0 aliphatic heterocycles. The normalized spacial score (nSPS) is 16.4. The molecule has 3 nitrogen and oxygen atoms in total. The average Bonchev–Trinajstić information content (AvgIpc) is 2.83. The number of pyridine rings is 1. The van der Waals surface area contributed by atoms with Crippen LogP contribution in [0.4, 0.5) is 5.82 Å². The number of aliphatic hydroxyl groups is 1. The van der Waals surface area contributed by atoms with Crippen molar-refractivity contribution in [3.8, 4) is 0 Å². The fraction of sp³-hybridized carbons (Fsp3) is 0.615. The maximum Gasteiger partial charge on any atom is 0.129 e. The quantitative estimate of drug-likeness (QED) is 0.928. The van der Waals surface area contributed by atoms with Crippen molar-refractivity contribution in [2.24, 2.45) is 0 Å². The van der Waals surface area contributed by atoms with Gasteiger partial charge in [0.15, 0.2) is 0 Å². The minimum Gasteiger partial charge on any atom is -0.395 e. The van der Waals surface area contributed by atoms with Gasteiger partial charge >= 0.3 is 0 Å². The van der Waals surface area contributed by atoms with Crippen LogP contribution in [0.2, 0.25) is 0 Å². The molecule has 0 spiro atoms. The highest BCUT2D eigenvalue weighted by molar-refractivity contribution is 9.10. The molecule has 1 heterocycles. The van der Waals surface area contributed by atoms with Crippen molar-refractivity contribution in [3.05, 3.63) is 22.3 Å². The van der Waals surface area contributed by atoms with E-state index in [-0.39, 0.29) is 6.61 Å². The third kappa shape index (κ3) is 2.99. The van der Waals surface area contributed by atoms with Gasteiger partial charge in [0.25, 0.3) is 0 Å². The first-order valence-corrected chi connectivity index (χ1v) is 7.02. The zero-order valence-electron chi connectivity index (χ0n) is 10.2. The molecule has 0 bridgehead atoms. The fourth-order valence-corrected chi connectivity index (χ4v) is 2.72. The van der Waals surface area contributed by atoms with E-state index in [1.807, 2.05) is 19.1 Å². The first kappa shape index (κ1) is 12.8. The molecule has 0 atom stereocenters. The number of nitrogens with zero attached hydrogens (tertiary/aromatic N) is 2. The first-order chi connectivity index (χ1) is 8.22. The molecule has 0 radical (unpaired) electrons. The van der Waals surface area contributed by atoms with E-state index in [4.69, 9.17) is 0 Å². The average molecular weight is 299 g/mol. The highest BCUT2D eigenvalue weighted by Crippen LogP contribution is 2.28. The lowest BCUT2D eigenvalue weighted by Gasteiger charge is -2.29. The van der Waals surface area contributed by atoms with Gasteiger partial charge in [-0.05, 0) is 47.8 Å². The Bertz CT molecular complexity index is 378. The highest BCUT2D eigenvalue weighted by Gasteiger charge is 2.23. The van der Waals surface area contributed by atoms with Gasteiger partial charge in [0.05, 0.1) is 12.3 Å². The van der Waals surface area contributed by atoms with Crippen LogP contribution in [-0.2, 0) is 0 Å². The Hall–Kier alpha value is -0.610. The molecule has 1 N–H and O–H groups in total. The molecule has 0 aromatic carbocycles. The molecule has 1 fully saturated rings. The van der Waals surface area contributed by atoms with E-state index in [1.54, 1.807) is 0 Å². The maximum atomic E-state index is 9.20. The largest absolute Gasteiger partial charge is 0.395 e. The lowest BCUT2D eigenvalue weighted by Crippen LogP contribution is -2.36. The van der Waals surface area contributed by atoms with Crippen LogP contribution in [0.5, 0.6) is 0 Å². The third-order valence-corrected chi connectivity index (χ3v) is 4.25. The van der Waals surface area contributed by atoms with E-state index in [0.29, 0.717) is 12.6 Å². The van der Waals surface area contributed by atoms with E-state index in [1.165, 1.54) is 25.7 Å². The number of rotatable bonds is 4. The second-order valence-electron chi connectivity index (χ2n) is 4.59. The van der Waals surface area contributed by atoms with Crippen LogP contribution in [0.3, 0.4) is 0 Å². The van der Waals surface area contributed by atoms with Crippen LogP contribution in [0.25, 0.3) is 0 Å². The van der Waals surface area contributed by atoms with Gasteiger partial charge in [0, 0.05) is 17.1 Å². The van der Waals surface area contributed by atoms with Crippen molar-refractivity contribution in [2.45, 2.75) is 38.6 Å². The molecule has 2 rings (SSSR count). The van der Waals surface area contributed by atoms with Gasteiger partial charge in [0.2, 0.25) is 0 Å². The topological polar surface area (TPSA) is 36.4 Å². The Balaban J connectivity index is 2.21. The van der Waals surface area contributed by atoms with Crippen LogP contribution in [-0.4, -0.2) is 29.3 Å². The summed E-state index contributed by atoms with van der Waals surface area (Å²) in [5, 5.41) is 9.20. The number of hydrogen-bond acceptors (Lipinski definition) is 3. The van der Waals surface area contributed by atoms with Crippen molar-refractivity contribution in [1.29, 1.82) is 0 Å². The van der Waals surface area contributed by atoms with Gasteiger partial charge in [-0.1, -0.05) is 12.8 Å². The Kier molecular flexibility index (Phi) is 4.40. The fourth-order valence-electron chi connectivity index (χ4n) is 2.50. The highest BCUT2D eigenvalue weighted by atomic mass is 79.9. The van der Waals surface area contributed by atoms with Crippen molar-refractivity contribution < 1.29 is 5.11 Å². The summed E-state index contributed by atoms with van der Waals surface area (Å²) in [4.78, 5) is 6.86. The Morgan fingerprint density at radius 3 is 2.71 bits per heavy atom. The molecule has 1 aliphatic carbocycles. The van der Waals surface area contributed by atoms with Crippen molar-refractivity contribution in [2.75, 3.05) is 18.1 Å². The van der Waals surface area contributed by atoms with Crippen molar-refractivity contribution in [3.63, 3.8) is 0 Å². The van der Waals surface area contributed by atoms with Gasteiger partial charge in [-0.2, -0.15) is 0 Å². The molecule has 1 aromatic heterocycles. The minimum absolute atomic E-state index is 0.188. The summed E-state index contributed by atoms with van der Waals surface area (Å²) >= 11 is 3.47. The van der Waals surface area contributed by atoms with E-state index >= 15 is 0 Å². The summed E-state index contributed by atoms with van der Waals surface area (Å²) in [5.41, 5.74) is 1.00. The number of aliphatic hydroxyl groups excluding tert-OH is 1. The molecule has 0 saturated heterocycles. The first-order valence-electron chi connectivity index (χ1n) is 6.23. The lowest BCUT2D eigenvalue weighted by atomic mass is 10.2. The number of anilines is 1. The SMILES string of the molecule is Cc1nc(N(CCO)C2CCCC2)ccc1Br. The van der Waals surface area contributed by atoms with E-state index in [2.05, 4.69) is 25.8 Å². The zero-order chi connectivity index (χ0) is 12.3. The molecule has 1 aliphatic rings.